The fourth-order valence-electron chi connectivity index (χ4n) is 0.869. The highest BCUT2D eigenvalue weighted by Crippen LogP contribution is 2.02. The van der Waals surface area contributed by atoms with Gasteiger partial charge in [-0.05, 0) is 5.56 Å². The van der Waals surface area contributed by atoms with Crippen molar-refractivity contribution >= 4 is 5.84 Å². The van der Waals surface area contributed by atoms with Gasteiger partial charge in [-0.25, -0.2) is 0 Å². The molecule has 0 spiro atoms. The Balaban J connectivity index is 0.000000791. The molecule has 78 valence electrons. The number of rotatable bonds is 2. The van der Waals surface area contributed by atoms with E-state index in [1.165, 1.54) is 0 Å². The van der Waals surface area contributed by atoms with E-state index in [-0.39, 0.29) is 5.84 Å². The second kappa shape index (κ2) is 6.91. The smallest absolute Gasteiger partial charge is 0.170 e. The molecule has 0 aliphatic carbocycles. The van der Waals surface area contributed by atoms with Crippen molar-refractivity contribution < 1.29 is 5.21 Å². The predicted molar refractivity (Wildman–Crippen MR) is 58.2 cm³/mol. The van der Waals surface area contributed by atoms with Gasteiger partial charge in [0, 0.05) is 12.1 Å². The maximum absolute atomic E-state index is 8.35. The van der Waals surface area contributed by atoms with Crippen LogP contribution >= 0.6 is 0 Å². The molecule has 5 N–H and O–H groups in total. The molecule has 0 unspecified atom stereocenters. The summed E-state index contributed by atoms with van der Waals surface area (Å²) >= 11 is 0. The van der Waals surface area contributed by atoms with Crippen molar-refractivity contribution in [2.45, 2.75) is 20.4 Å². The molecule has 0 aromatic heterocycles. The fourth-order valence-corrected chi connectivity index (χ4v) is 0.869. The average molecular weight is 195 g/mol. The molecule has 1 aromatic rings. The summed E-state index contributed by atoms with van der Waals surface area (Å²) in [5, 5.41) is 11.2. The van der Waals surface area contributed by atoms with Crippen LogP contribution in [0, 0.1) is 0 Å². The zero-order chi connectivity index (χ0) is 11.0. The molecule has 0 amide bonds. The van der Waals surface area contributed by atoms with Gasteiger partial charge in [0.15, 0.2) is 5.84 Å². The first kappa shape index (κ1) is 12.4. The Morgan fingerprint density at radius 1 is 1.29 bits per heavy atom. The van der Waals surface area contributed by atoms with Gasteiger partial charge in [0.25, 0.3) is 0 Å². The zero-order valence-corrected chi connectivity index (χ0v) is 8.57. The number of hydrogen-bond acceptors (Lipinski definition) is 3. The Hall–Kier alpha value is -1.55. The van der Waals surface area contributed by atoms with Crippen molar-refractivity contribution in [3.63, 3.8) is 0 Å². The maximum Gasteiger partial charge on any atom is 0.170 e. The number of nitrogens with two attached hydrogens (primary N) is 2. The van der Waals surface area contributed by atoms with Crippen LogP contribution in [0.25, 0.3) is 0 Å². The second-order valence-electron chi connectivity index (χ2n) is 2.39. The van der Waals surface area contributed by atoms with E-state index in [4.69, 9.17) is 16.7 Å². The van der Waals surface area contributed by atoms with Crippen molar-refractivity contribution in [3.05, 3.63) is 35.4 Å². The topological polar surface area (TPSA) is 84.6 Å². The van der Waals surface area contributed by atoms with Crippen LogP contribution in [0.3, 0.4) is 0 Å². The van der Waals surface area contributed by atoms with E-state index in [0.717, 1.165) is 5.56 Å². The molecule has 4 nitrogen and oxygen atoms in total. The van der Waals surface area contributed by atoms with Crippen molar-refractivity contribution in [2.75, 3.05) is 0 Å². The molecule has 0 aliphatic heterocycles. The molecule has 0 atom stereocenters. The van der Waals surface area contributed by atoms with Gasteiger partial charge in [0.2, 0.25) is 0 Å². The van der Waals surface area contributed by atoms with Crippen LogP contribution in [-0.4, -0.2) is 11.0 Å². The minimum Gasteiger partial charge on any atom is -0.409 e. The van der Waals surface area contributed by atoms with E-state index in [9.17, 15) is 0 Å². The third kappa shape index (κ3) is 3.45. The van der Waals surface area contributed by atoms with E-state index in [0.29, 0.717) is 12.1 Å². The van der Waals surface area contributed by atoms with Crippen LogP contribution in [0.2, 0.25) is 0 Å². The van der Waals surface area contributed by atoms with Crippen LogP contribution < -0.4 is 11.5 Å². The lowest BCUT2D eigenvalue weighted by molar-refractivity contribution is 0.318. The van der Waals surface area contributed by atoms with Gasteiger partial charge in [0.05, 0.1) is 0 Å². The Labute approximate surface area is 84.2 Å². The van der Waals surface area contributed by atoms with Crippen molar-refractivity contribution in [1.82, 2.24) is 0 Å². The van der Waals surface area contributed by atoms with Crippen molar-refractivity contribution in [3.8, 4) is 0 Å². The Morgan fingerprint density at radius 3 is 2.14 bits per heavy atom. The van der Waals surface area contributed by atoms with Gasteiger partial charge in [-0.15, -0.1) is 0 Å². The van der Waals surface area contributed by atoms with Gasteiger partial charge >= 0.3 is 0 Å². The molecule has 14 heavy (non-hydrogen) atoms. The zero-order valence-electron chi connectivity index (χ0n) is 8.57. The van der Waals surface area contributed by atoms with Crippen LogP contribution in [0.4, 0.5) is 0 Å². The van der Waals surface area contributed by atoms with Gasteiger partial charge in [-0.2, -0.15) is 0 Å². The number of hydrogen-bond donors (Lipinski definition) is 3. The standard InChI is InChI=1S/C8H11N3O.C2H6/c9-5-6-1-3-7(4-2-6)8(10)11-12;1-2/h1-4,12H,5,9H2,(H2,10,11);1-2H3. The first-order valence-electron chi connectivity index (χ1n) is 4.55. The highest BCUT2D eigenvalue weighted by atomic mass is 16.4. The lowest BCUT2D eigenvalue weighted by Crippen LogP contribution is -2.12. The molecule has 1 aromatic carbocycles. The second-order valence-corrected chi connectivity index (χ2v) is 2.39. The van der Waals surface area contributed by atoms with Gasteiger partial charge in [-0.3, -0.25) is 0 Å². The molecule has 1 rings (SSSR count). The molecular weight excluding hydrogens is 178 g/mol. The van der Waals surface area contributed by atoms with E-state index in [1.807, 2.05) is 26.0 Å². The summed E-state index contributed by atoms with van der Waals surface area (Å²) in [5.41, 5.74) is 12.5. The summed E-state index contributed by atoms with van der Waals surface area (Å²) in [6.45, 7) is 4.50. The number of benzene rings is 1. The highest BCUT2D eigenvalue weighted by molar-refractivity contribution is 5.96. The Kier molecular flexibility index (Phi) is 6.15. The lowest BCUT2D eigenvalue weighted by atomic mass is 10.1. The van der Waals surface area contributed by atoms with Gasteiger partial charge in [-0.1, -0.05) is 43.3 Å². The molecule has 0 radical (unpaired) electrons. The van der Waals surface area contributed by atoms with Crippen molar-refractivity contribution in [1.29, 1.82) is 0 Å². The van der Waals surface area contributed by atoms with Gasteiger partial charge < -0.3 is 16.7 Å². The van der Waals surface area contributed by atoms with Crippen LogP contribution in [-0.2, 0) is 6.54 Å². The Morgan fingerprint density at radius 2 is 1.79 bits per heavy atom. The first-order chi connectivity index (χ1) is 6.77. The molecule has 0 saturated heterocycles. The fraction of sp³-hybridized carbons (Fsp3) is 0.300. The summed E-state index contributed by atoms with van der Waals surface area (Å²) in [7, 11) is 0. The summed E-state index contributed by atoms with van der Waals surface area (Å²) < 4.78 is 0. The maximum atomic E-state index is 8.35. The molecular formula is C10H17N3O. The van der Waals surface area contributed by atoms with Crippen LogP contribution in [0.15, 0.2) is 29.4 Å². The average Bonchev–Trinajstić information content (AvgIpc) is 2.31. The first-order valence-corrected chi connectivity index (χ1v) is 4.55. The highest BCUT2D eigenvalue weighted by Gasteiger charge is 1.97. The minimum atomic E-state index is 0.110. The number of oxime groups is 1. The molecule has 4 heteroatoms. The van der Waals surface area contributed by atoms with E-state index in [2.05, 4.69) is 5.16 Å². The van der Waals surface area contributed by atoms with E-state index < -0.39 is 0 Å². The molecule has 0 fully saturated rings. The SMILES string of the molecule is CC.NCc1ccc(/C(N)=N/O)cc1. The molecule has 0 heterocycles. The summed E-state index contributed by atoms with van der Waals surface area (Å²) in [6, 6.07) is 7.20. The number of amidine groups is 1. The van der Waals surface area contributed by atoms with Crippen LogP contribution in [0.1, 0.15) is 25.0 Å². The lowest BCUT2D eigenvalue weighted by Gasteiger charge is -1.99. The van der Waals surface area contributed by atoms with E-state index in [1.54, 1.807) is 12.1 Å². The number of nitrogens with zero attached hydrogens (tertiary/aromatic N) is 1. The monoisotopic (exact) mass is 195 g/mol. The summed E-state index contributed by atoms with van der Waals surface area (Å²) in [4.78, 5) is 0. The Bertz CT molecular complexity index is 280. The largest absolute Gasteiger partial charge is 0.409 e. The van der Waals surface area contributed by atoms with Gasteiger partial charge in [0.1, 0.15) is 0 Å². The van der Waals surface area contributed by atoms with Crippen LogP contribution in [0.5, 0.6) is 0 Å². The molecule has 0 bridgehead atoms. The minimum absolute atomic E-state index is 0.110. The predicted octanol–water partition coefficient (Wildman–Crippen LogP) is 1.27. The van der Waals surface area contributed by atoms with Crippen molar-refractivity contribution in [2.24, 2.45) is 16.6 Å². The quantitative estimate of drug-likeness (QED) is 0.287. The molecule has 0 aliphatic rings. The third-order valence-electron chi connectivity index (χ3n) is 1.59. The van der Waals surface area contributed by atoms with E-state index >= 15 is 0 Å². The summed E-state index contributed by atoms with van der Waals surface area (Å²) in [5.74, 6) is 0.110. The molecule has 0 saturated carbocycles. The summed E-state index contributed by atoms with van der Waals surface area (Å²) in [6.07, 6.45) is 0. The third-order valence-corrected chi connectivity index (χ3v) is 1.59. The normalized spacial score (nSPS) is 10.4.